The monoisotopic (exact) mass is 239 g/mol. The van der Waals surface area contributed by atoms with Crippen LogP contribution in [0.5, 0.6) is 5.75 Å². The predicted octanol–water partition coefficient (Wildman–Crippen LogP) is 3.41. The number of hydrogen-bond donors (Lipinski definition) is 1. The van der Waals surface area contributed by atoms with Crippen molar-refractivity contribution >= 4 is 11.6 Å². The highest BCUT2D eigenvalue weighted by atomic mass is 35.5. The zero-order valence-electron chi connectivity index (χ0n) is 9.79. The lowest BCUT2D eigenvalue weighted by Crippen LogP contribution is -2.27. The second-order valence-corrected chi connectivity index (χ2v) is 4.90. The van der Waals surface area contributed by atoms with Crippen molar-refractivity contribution in [1.29, 1.82) is 0 Å². The summed E-state index contributed by atoms with van der Waals surface area (Å²) in [6, 6.07) is 6.11. The van der Waals surface area contributed by atoms with E-state index in [1.165, 1.54) is 12.0 Å². The minimum absolute atomic E-state index is 0.294. The molecule has 0 aromatic heterocycles. The van der Waals surface area contributed by atoms with E-state index in [0.29, 0.717) is 18.6 Å². The molecule has 0 amide bonds. The van der Waals surface area contributed by atoms with E-state index in [2.05, 4.69) is 19.2 Å². The molecule has 1 aromatic carbocycles. The van der Waals surface area contributed by atoms with Gasteiger partial charge in [0.1, 0.15) is 12.4 Å². The molecule has 0 radical (unpaired) electrons. The van der Waals surface area contributed by atoms with Crippen LogP contribution in [0, 0.1) is 5.92 Å². The fourth-order valence-corrected chi connectivity index (χ4v) is 2.02. The van der Waals surface area contributed by atoms with Gasteiger partial charge in [-0.05, 0) is 30.7 Å². The molecular formula is C13H18ClNO. The summed E-state index contributed by atoms with van der Waals surface area (Å²) in [6.45, 7) is 6.20. The van der Waals surface area contributed by atoms with Crippen molar-refractivity contribution in [1.82, 2.24) is 5.32 Å². The Bertz CT molecular complexity index is 367. The molecule has 3 heteroatoms. The molecule has 0 bridgehead atoms. The SMILES string of the molecule is CCC(C)CNC1COc2ccc(Cl)cc21. The lowest BCUT2D eigenvalue weighted by Gasteiger charge is -2.15. The van der Waals surface area contributed by atoms with E-state index >= 15 is 0 Å². The zero-order valence-corrected chi connectivity index (χ0v) is 10.6. The summed E-state index contributed by atoms with van der Waals surface area (Å²) in [5, 5.41) is 4.31. The normalized spacial score (nSPS) is 20.3. The number of hydrogen-bond acceptors (Lipinski definition) is 2. The lowest BCUT2D eigenvalue weighted by molar-refractivity contribution is 0.304. The van der Waals surface area contributed by atoms with E-state index < -0.39 is 0 Å². The van der Waals surface area contributed by atoms with Crippen LogP contribution in [0.2, 0.25) is 5.02 Å². The number of rotatable bonds is 4. The van der Waals surface area contributed by atoms with Gasteiger partial charge in [0.25, 0.3) is 0 Å². The maximum atomic E-state index is 6.00. The first kappa shape index (κ1) is 11.7. The van der Waals surface area contributed by atoms with Gasteiger partial charge in [0, 0.05) is 10.6 Å². The number of benzene rings is 1. The quantitative estimate of drug-likeness (QED) is 0.870. The molecule has 1 aliphatic rings. The Kier molecular flexibility index (Phi) is 3.72. The molecule has 0 aliphatic carbocycles. The minimum Gasteiger partial charge on any atom is -0.491 e. The summed E-state index contributed by atoms with van der Waals surface area (Å²) < 4.78 is 5.61. The van der Waals surface area contributed by atoms with Crippen molar-refractivity contribution in [3.8, 4) is 5.75 Å². The van der Waals surface area contributed by atoms with Gasteiger partial charge in [0.15, 0.2) is 0 Å². The summed E-state index contributed by atoms with van der Waals surface area (Å²) in [6.07, 6.45) is 1.20. The second-order valence-electron chi connectivity index (χ2n) is 4.47. The van der Waals surface area contributed by atoms with Crippen molar-refractivity contribution in [2.45, 2.75) is 26.3 Å². The van der Waals surface area contributed by atoms with E-state index in [1.54, 1.807) is 0 Å². The van der Waals surface area contributed by atoms with Crippen LogP contribution >= 0.6 is 11.6 Å². The topological polar surface area (TPSA) is 21.3 Å². The fraction of sp³-hybridized carbons (Fsp3) is 0.538. The van der Waals surface area contributed by atoms with Crippen molar-refractivity contribution in [3.05, 3.63) is 28.8 Å². The van der Waals surface area contributed by atoms with Crippen LogP contribution in [0.15, 0.2) is 18.2 Å². The van der Waals surface area contributed by atoms with E-state index in [9.17, 15) is 0 Å². The third-order valence-corrected chi connectivity index (χ3v) is 3.40. The van der Waals surface area contributed by atoms with Gasteiger partial charge in [-0.25, -0.2) is 0 Å². The fourth-order valence-electron chi connectivity index (χ4n) is 1.84. The van der Waals surface area contributed by atoms with Gasteiger partial charge in [0.05, 0.1) is 6.04 Å². The molecule has 0 spiro atoms. The van der Waals surface area contributed by atoms with E-state index in [0.717, 1.165) is 17.3 Å². The predicted molar refractivity (Wildman–Crippen MR) is 67.1 cm³/mol. The largest absolute Gasteiger partial charge is 0.491 e. The van der Waals surface area contributed by atoms with Gasteiger partial charge in [-0.2, -0.15) is 0 Å². The lowest BCUT2D eigenvalue weighted by atomic mass is 10.1. The Morgan fingerprint density at radius 1 is 1.56 bits per heavy atom. The highest BCUT2D eigenvalue weighted by Crippen LogP contribution is 2.34. The first-order chi connectivity index (χ1) is 7.70. The van der Waals surface area contributed by atoms with E-state index in [-0.39, 0.29) is 0 Å². The number of fused-ring (bicyclic) bond motifs is 1. The number of ether oxygens (including phenoxy) is 1. The molecule has 0 saturated heterocycles. The highest BCUT2D eigenvalue weighted by molar-refractivity contribution is 6.30. The average molecular weight is 240 g/mol. The second kappa shape index (κ2) is 5.07. The Balaban J connectivity index is 2.02. The smallest absolute Gasteiger partial charge is 0.124 e. The molecule has 2 atom stereocenters. The van der Waals surface area contributed by atoms with Crippen LogP contribution in [-0.2, 0) is 0 Å². The molecular weight excluding hydrogens is 222 g/mol. The molecule has 2 unspecified atom stereocenters. The van der Waals surface area contributed by atoms with Gasteiger partial charge in [-0.15, -0.1) is 0 Å². The van der Waals surface area contributed by atoms with Gasteiger partial charge < -0.3 is 10.1 Å². The Morgan fingerprint density at radius 3 is 3.12 bits per heavy atom. The minimum atomic E-state index is 0.294. The first-order valence-electron chi connectivity index (χ1n) is 5.86. The Hall–Kier alpha value is -0.730. The maximum absolute atomic E-state index is 6.00. The molecule has 2 nitrogen and oxygen atoms in total. The average Bonchev–Trinajstić information content (AvgIpc) is 2.68. The zero-order chi connectivity index (χ0) is 11.5. The van der Waals surface area contributed by atoms with E-state index in [4.69, 9.17) is 16.3 Å². The van der Waals surface area contributed by atoms with E-state index in [1.807, 2.05) is 18.2 Å². The van der Waals surface area contributed by atoms with Crippen LogP contribution in [-0.4, -0.2) is 13.2 Å². The summed E-state index contributed by atoms with van der Waals surface area (Å²) in [5.74, 6) is 1.66. The highest BCUT2D eigenvalue weighted by Gasteiger charge is 2.23. The van der Waals surface area contributed by atoms with Crippen LogP contribution in [0.25, 0.3) is 0 Å². The molecule has 1 aliphatic heterocycles. The third kappa shape index (κ3) is 2.50. The summed E-state index contributed by atoms with van der Waals surface area (Å²) in [5.41, 5.74) is 1.19. The maximum Gasteiger partial charge on any atom is 0.124 e. The first-order valence-corrected chi connectivity index (χ1v) is 6.24. The molecule has 0 saturated carbocycles. The molecule has 1 N–H and O–H groups in total. The number of nitrogens with one attached hydrogen (secondary N) is 1. The van der Waals surface area contributed by atoms with Crippen LogP contribution in [0.1, 0.15) is 31.9 Å². The molecule has 0 fully saturated rings. The van der Waals surface area contributed by atoms with Crippen LogP contribution in [0.4, 0.5) is 0 Å². The van der Waals surface area contributed by atoms with Crippen molar-refractivity contribution in [2.75, 3.05) is 13.2 Å². The van der Waals surface area contributed by atoms with Crippen molar-refractivity contribution in [3.63, 3.8) is 0 Å². The van der Waals surface area contributed by atoms with Gasteiger partial charge in [-0.3, -0.25) is 0 Å². The molecule has 1 aromatic rings. The molecule has 16 heavy (non-hydrogen) atoms. The standard InChI is InChI=1S/C13H18ClNO/c1-3-9(2)7-15-12-8-16-13-5-4-10(14)6-11(12)13/h4-6,9,12,15H,3,7-8H2,1-2H3. The van der Waals surface area contributed by atoms with Crippen molar-refractivity contribution < 1.29 is 4.74 Å². The Morgan fingerprint density at radius 2 is 2.38 bits per heavy atom. The van der Waals surface area contributed by atoms with Crippen molar-refractivity contribution in [2.24, 2.45) is 5.92 Å². The molecule has 2 rings (SSSR count). The third-order valence-electron chi connectivity index (χ3n) is 3.16. The summed E-state index contributed by atoms with van der Waals surface area (Å²) in [7, 11) is 0. The number of halogens is 1. The van der Waals surface area contributed by atoms with Gasteiger partial charge >= 0.3 is 0 Å². The molecule has 1 heterocycles. The van der Waals surface area contributed by atoms with Crippen LogP contribution in [0.3, 0.4) is 0 Å². The van der Waals surface area contributed by atoms with Gasteiger partial charge in [0.2, 0.25) is 0 Å². The summed E-state index contributed by atoms with van der Waals surface area (Å²) in [4.78, 5) is 0. The Labute approximate surface area is 102 Å². The molecule has 88 valence electrons. The summed E-state index contributed by atoms with van der Waals surface area (Å²) >= 11 is 6.00. The van der Waals surface area contributed by atoms with Gasteiger partial charge in [-0.1, -0.05) is 31.9 Å². The van der Waals surface area contributed by atoms with Crippen LogP contribution < -0.4 is 10.1 Å².